The second kappa shape index (κ2) is 7.13. The molecule has 2 N–H and O–H groups in total. The Labute approximate surface area is 147 Å². The van der Waals surface area contributed by atoms with Crippen molar-refractivity contribution in [1.82, 2.24) is 9.62 Å². The van der Waals surface area contributed by atoms with Gasteiger partial charge in [-0.25, -0.2) is 13.2 Å². The van der Waals surface area contributed by atoms with E-state index >= 15 is 0 Å². The first-order valence-corrected chi connectivity index (χ1v) is 9.92. The highest BCUT2D eigenvalue weighted by Crippen LogP contribution is 2.33. The maximum atomic E-state index is 12.7. The molecule has 1 saturated carbocycles. The number of nitrogens with one attached hydrogen (secondary N) is 1. The van der Waals surface area contributed by atoms with Crippen LogP contribution in [0.4, 0.5) is 0 Å². The van der Waals surface area contributed by atoms with Crippen molar-refractivity contribution in [2.45, 2.75) is 36.6 Å². The zero-order valence-electron chi connectivity index (χ0n) is 13.8. The number of carbonyl (C=O) groups excluding carboxylic acids is 1. The lowest BCUT2D eigenvalue weighted by Gasteiger charge is -2.31. The number of hydrogen-bond donors (Lipinski definition) is 2. The highest BCUT2D eigenvalue weighted by Gasteiger charge is 2.40. The molecule has 1 amide bonds. The summed E-state index contributed by atoms with van der Waals surface area (Å²) in [5.41, 5.74) is 0. The lowest BCUT2D eigenvalue weighted by Crippen LogP contribution is -2.50. The molecule has 1 saturated heterocycles. The van der Waals surface area contributed by atoms with Crippen LogP contribution in [0.1, 0.15) is 25.7 Å². The second-order valence-electron chi connectivity index (χ2n) is 6.68. The van der Waals surface area contributed by atoms with Gasteiger partial charge in [-0.1, -0.05) is 18.2 Å². The number of nitrogens with zero attached hydrogens (tertiary/aromatic N) is 1. The van der Waals surface area contributed by atoms with E-state index in [0.717, 1.165) is 12.8 Å². The number of carbonyl (C=O) groups is 2. The second-order valence-corrected chi connectivity index (χ2v) is 8.62. The lowest BCUT2D eigenvalue weighted by molar-refractivity contribution is -0.143. The monoisotopic (exact) mass is 366 g/mol. The van der Waals surface area contributed by atoms with E-state index in [4.69, 9.17) is 0 Å². The first-order valence-electron chi connectivity index (χ1n) is 8.48. The SMILES string of the molecule is O=C(NC(C(=O)O)C1CC1)C1CCCN(S(=O)(=O)c2ccccc2)C1. The largest absolute Gasteiger partial charge is 0.480 e. The van der Waals surface area contributed by atoms with Gasteiger partial charge in [0.1, 0.15) is 6.04 Å². The Bertz CT molecular complexity index is 746. The van der Waals surface area contributed by atoms with Crippen LogP contribution in [0, 0.1) is 11.8 Å². The molecule has 1 aliphatic heterocycles. The van der Waals surface area contributed by atoms with Crippen LogP contribution in [0.2, 0.25) is 0 Å². The van der Waals surface area contributed by atoms with E-state index in [9.17, 15) is 23.1 Å². The third-order valence-corrected chi connectivity index (χ3v) is 6.67. The average molecular weight is 366 g/mol. The van der Waals surface area contributed by atoms with Gasteiger partial charge in [-0.3, -0.25) is 4.79 Å². The topological polar surface area (TPSA) is 104 Å². The van der Waals surface area contributed by atoms with Crippen molar-refractivity contribution in [3.05, 3.63) is 30.3 Å². The van der Waals surface area contributed by atoms with Gasteiger partial charge in [-0.15, -0.1) is 0 Å². The molecule has 0 bridgehead atoms. The van der Waals surface area contributed by atoms with E-state index in [0.29, 0.717) is 19.4 Å². The van der Waals surface area contributed by atoms with Crippen molar-refractivity contribution >= 4 is 21.9 Å². The molecule has 3 rings (SSSR count). The number of amides is 1. The molecule has 0 radical (unpaired) electrons. The molecule has 1 aromatic carbocycles. The van der Waals surface area contributed by atoms with Crippen molar-refractivity contribution in [2.24, 2.45) is 11.8 Å². The van der Waals surface area contributed by atoms with Gasteiger partial charge >= 0.3 is 5.97 Å². The minimum Gasteiger partial charge on any atom is -0.480 e. The first-order chi connectivity index (χ1) is 11.9. The molecular formula is C17H22N2O5S. The molecule has 0 aromatic heterocycles. The van der Waals surface area contributed by atoms with Gasteiger partial charge in [0.15, 0.2) is 0 Å². The molecule has 1 heterocycles. The third kappa shape index (κ3) is 4.01. The van der Waals surface area contributed by atoms with Crippen LogP contribution in [0.5, 0.6) is 0 Å². The Hall–Kier alpha value is -1.93. The Morgan fingerprint density at radius 1 is 1.16 bits per heavy atom. The van der Waals surface area contributed by atoms with Crippen LogP contribution in [0.15, 0.2) is 35.2 Å². The minimum atomic E-state index is -3.64. The van der Waals surface area contributed by atoms with E-state index in [1.165, 1.54) is 16.4 Å². The first kappa shape index (κ1) is 17.9. The summed E-state index contributed by atoms with van der Waals surface area (Å²) in [4.78, 5) is 24.0. The summed E-state index contributed by atoms with van der Waals surface area (Å²) in [6.07, 6.45) is 2.74. The zero-order chi connectivity index (χ0) is 18.0. The maximum Gasteiger partial charge on any atom is 0.326 e. The molecular weight excluding hydrogens is 344 g/mol. The van der Waals surface area contributed by atoms with E-state index in [2.05, 4.69) is 5.32 Å². The summed E-state index contributed by atoms with van der Waals surface area (Å²) in [6.45, 7) is 0.450. The number of rotatable bonds is 6. The van der Waals surface area contributed by atoms with Gasteiger partial charge < -0.3 is 10.4 Å². The fourth-order valence-electron chi connectivity index (χ4n) is 3.20. The number of aliphatic carboxylic acids is 1. The van der Waals surface area contributed by atoms with Crippen LogP contribution in [-0.2, 0) is 19.6 Å². The molecule has 0 spiro atoms. The van der Waals surface area contributed by atoms with Gasteiger partial charge in [0, 0.05) is 13.1 Å². The number of piperidine rings is 1. The highest BCUT2D eigenvalue weighted by molar-refractivity contribution is 7.89. The summed E-state index contributed by atoms with van der Waals surface area (Å²) >= 11 is 0. The van der Waals surface area contributed by atoms with Crippen LogP contribution in [-0.4, -0.2) is 48.8 Å². The Kier molecular flexibility index (Phi) is 5.10. The molecule has 2 fully saturated rings. The molecule has 1 aliphatic carbocycles. The molecule has 2 atom stereocenters. The fraction of sp³-hybridized carbons (Fsp3) is 0.529. The molecule has 2 aliphatic rings. The van der Waals surface area contributed by atoms with E-state index in [1.807, 2.05) is 0 Å². The Morgan fingerprint density at radius 3 is 2.44 bits per heavy atom. The van der Waals surface area contributed by atoms with E-state index in [1.54, 1.807) is 18.2 Å². The smallest absolute Gasteiger partial charge is 0.326 e. The normalized spacial score (nSPS) is 23.0. The predicted octanol–water partition coefficient (Wildman–Crippen LogP) is 1.07. The Morgan fingerprint density at radius 2 is 1.84 bits per heavy atom. The maximum absolute atomic E-state index is 12.7. The molecule has 25 heavy (non-hydrogen) atoms. The van der Waals surface area contributed by atoms with E-state index < -0.39 is 28.0 Å². The number of carboxylic acids is 1. The van der Waals surface area contributed by atoms with Gasteiger partial charge in [0.2, 0.25) is 15.9 Å². The molecule has 136 valence electrons. The summed E-state index contributed by atoms with van der Waals surface area (Å²) < 4.78 is 26.7. The van der Waals surface area contributed by atoms with Crippen molar-refractivity contribution in [1.29, 1.82) is 0 Å². The Balaban J connectivity index is 1.68. The van der Waals surface area contributed by atoms with Crippen LogP contribution in [0.3, 0.4) is 0 Å². The number of carboxylic acid groups (broad SMARTS) is 1. The van der Waals surface area contributed by atoms with E-state index in [-0.39, 0.29) is 23.3 Å². The zero-order valence-corrected chi connectivity index (χ0v) is 14.6. The summed E-state index contributed by atoms with van der Waals surface area (Å²) in [6, 6.07) is 7.27. The third-order valence-electron chi connectivity index (χ3n) is 4.79. The standard InChI is InChI=1S/C17H22N2O5S/c20-16(18-15(17(21)22)12-8-9-12)13-5-4-10-19(11-13)25(23,24)14-6-2-1-3-7-14/h1-3,6-7,12-13,15H,4-5,8-11H2,(H,18,20)(H,21,22). The number of benzene rings is 1. The molecule has 1 aromatic rings. The fourth-order valence-corrected chi connectivity index (χ4v) is 4.74. The van der Waals surface area contributed by atoms with Crippen molar-refractivity contribution in [3.8, 4) is 0 Å². The van der Waals surface area contributed by atoms with Gasteiger partial charge in [-0.05, 0) is 43.7 Å². The van der Waals surface area contributed by atoms with Crippen LogP contribution < -0.4 is 5.32 Å². The average Bonchev–Trinajstić information content (AvgIpc) is 3.45. The quantitative estimate of drug-likeness (QED) is 0.784. The van der Waals surface area contributed by atoms with Crippen LogP contribution in [0.25, 0.3) is 0 Å². The highest BCUT2D eigenvalue weighted by atomic mass is 32.2. The number of hydrogen-bond acceptors (Lipinski definition) is 4. The van der Waals surface area contributed by atoms with Gasteiger partial charge in [0.05, 0.1) is 10.8 Å². The van der Waals surface area contributed by atoms with Crippen molar-refractivity contribution in [2.75, 3.05) is 13.1 Å². The van der Waals surface area contributed by atoms with Crippen molar-refractivity contribution in [3.63, 3.8) is 0 Å². The van der Waals surface area contributed by atoms with Crippen molar-refractivity contribution < 1.29 is 23.1 Å². The minimum absolute atomic E-state index is 0.00537. The predicted molar refractivity (Wildman–Crippen MR) is 90.2 cm³/mol. The molecule has 2 unspecified atom stereocenters. The van der Waals surface area contributed by atoms with Gasteiger partial charge in [0.25, 0.3) is 0 Å². The molecule has 8 heteroatoms. The summed E-state index contributed by atoms with van der Waals surface area (Å²) in [5, 5.41) is 11.8. The molecule has 7 nitrogen and oxygen atoms in total. The number of sulfonamides is 1. The summed E-state index contributed by atoms with van der Waals surface area (Å²) in [7, 11) is -3.64. The lowest BCUT2D eigenvalue weighted by atomic mass is 9.98. The van der Waals surface area contributed by atoms with Gasteiger partial charge in [-0.2, -0.15) is 4.31 Å². The summed E-state index contributed by atoms with van der Waals surface area (Å²) in [5.74, 6) is -1.92. The van der Waals surface area contributed by atoms with Crippen LogP contribution >= 0.6 is 0 Å².